The minimum atomic E-state index is -0.504. The van der Waals surface area contributed by atoms with Gasteiger partial charge in [0, 0.05) is 22.6 Å². The van der Waals surface area contributed by atoms with Crippen molar-refractivity contribution in [1.82, 2.24) is 9.99 Å². The summed E-state index contributed by atoms with van der Waals surface area (Å²) in [5, 5.41) is 4.01. The Labute approximate surface area is 243 Å². The van der Waals surface area contributed by atoms with E-state index in [1.165, 1.54) is 19.4 Å². The molecule has 5 aromatic rings. The Morgan fingerprint density at radius 2 is 1.67 bits per heavy atom. The van der Waals surface area contributed by atoms with E-state index in [0.29, 0.717) is 34.1 Å². The van der Waals surface area contributed by atoms with Gasteiger partial charge in [0.15, 0.2) is 17.3 Å². The second-order valence-corrected chi connectivity index (χ2v) is 9.49. The van der Waals surface area contributed by atoms with E-state index in [2.05, 4.69) is 41.1 Å². The molecule has 0 aliphatic heterocycles. The van der Waals surface area contributed by atoms with Gasteiger partial charge in [0.1, 0.15) is 30.5 Å². The maximum Gasteiger partial charge on any atom is 0.307 e. The van der Waals surface area contributed by atoms with Crippen molar-refractivity contribution in [2.75, 3.05) is 7.11 Å². The molecule has 2 heterocycles. The number of ether oxygens (including phenoxy) is 3. The number of hydrogen-bond acceptors (Lipinski definition) is 6. The Kier molecular flexibility index (Phi) is 8.67. The van der Waals surface area contributed by atoms with Crippen LogP contribution in [0.3, 0.4) is 0 Å². The van der Waals surface area contributed by atoms with Crippen LogP contribution < -0.4 is 19.6 Å². The Balaban J connectivity index is 1.12. The predicted molar refractivity (Wildman–Crippen MR) is 157 cm³/mol. The maximum atomic E-state index is 13.9. The number of aryl methyl sites for hydroxylation is 2. The lowest BCUT2D eigenvalue weighted by molar-refractivity contribution is 0.0923. The number of rotatable bonds is 11. The van der Waals surface area contributed by atoms with Crippen molar-refractivity contribution in [3.05, 3.63) is 131 Å². The van der Waals surface area contributed by atoms with Gasteiger partial charge in [-0.25, -0.2) is 9.82 Å². The summed E-state index contributed by atoms with van der Waals surface area (Å²) in [5.74, 6) is 1.35. The lowest BCUT2D eigenvalue weighted by atomic mass is 10.2. The fourth-order valence-corrected chi connectivity index (χ4v) is 4.37. The average Bonchev–Trinajstić information content (AvgIpc) is 3.62. The summed E-state index contributed by atoms with van der Waals surface area (Å²) in [6.45, 7) is 4.36. The van der Waals surface area contributed by atoms with Crippen molar-refractivity contribution >= 4 is 12.1 Å². The topological polar surface area (TPSA) is 87.2 Å². The molecule has 214 valence electrons. The van der Waals surface area contributed by atoms with Gasteiger partial charge in [0.25, 0.3) is 0 Å². The van der Waals surface area contributed by atoms with E-state index >= 15 is 0 Å². The number of methoxy groups -OCH3 is 1. The number of carbonyl (C=O) groups is 1. The normalized spacial score (nSPS) is 11.0. The zero-order valence-corrected chi connectivity index (χ0v) is 23.5. The largest absolute Gasteiger partial charge is 0.493 e. The number of halogens is 1. The molecule has 3 aromatic carbocycles. The van der Waals surface area contributed by atoms with Crippen LogP contribution in [-0.2, 0) is 13.2 Å². The second-order valence-electron chi connectivity index (χ2n) is 9.49. The first kappa shape index (κ1) is 28.2. The van der Waals surface area contributed by atoms with Crippen molar-refractivity contribution in [2.24, 2.45) is 5.10 Å². The molecular weight excluding hydrogens is 537 g/mol. The highest BCUT2D eigenvalue weighted by Gasteiger charge is 2.12. The van der Waals surface area contributed by atoms with Gasteiger partial charge in [-0.15, -0.1) is 0 Å². The molecule has 0 unspecified atom stereocenters. The first-order chi connectivity index (χ1) is 20.4. The van der Waals surface area contributed by atoms with E-state index in [0.717, 1.165) is 17.1 Å². The molecule has 1 N–H and O–H groups in total. The standard InChI is InChI=1S/C33H30FN3O5/c1-22-8-9-23(2)37(22)26-11-13-27(14-12-26)40-21-28-15-17-31(42-28)33(38)36-35-19-24-10-16-30(32(18-24)39-3)41-20-25-6-4-5-7-29(25)34/h4-19H,20-21H2,1-3H3,(H,36,38). The number of nitrogens with one attached hydrogen (secondary N) is 1. The molecule has 0 spiro atoms. The third-order valence-corrected chi connectivity index (χ3v) is 6.54. The number of hydrogen-bond donors (Lipinski definition) is 1. The Bertz CT molecular complexity index is 1690. The van der Waals surface area contributed by atoms with Gasteiger partial charge >= 0.3 is 5.91 Å². The molecule has 5 rings (SSSR count). The van der Waals surface area contributed by atoms with Gasteiger partial charge in [0.2, 0.25) is 0 Å². The van der Waals surface area contributed by atoms with Crippen LogP contribution in [0.25, 0.3) is 5.69 Å². The van der Waals surface area contributed by atoms with Gasteiger partial charge in [-0.1, -0.05) is 18.2 Å². The van der Waals surface area contributed by atoms with E-state index in [1.807, 2.05) is 24.3 Å². The summed E-state index contributed by atoms with van der Waals surface area (Å²) in [6, 6.07) is 26.7. The zero-order chi connectivity index (χ0) is 29.5. The molecule has 0 aliphatic carbocycles. The van der Waals surface area contributed by atoms with E-state index in [1.54, 1.807) is 48.5 Å². The van der Waals surface area contributed by atoms with Crippen LogP contribution in [0.4, 0.5) is 4.39 Å². The van der Waals surface area contributed by atoms with Crippen molar-refractivity contribution in [3.63, 3.8) is 0 Å². The quantitative estimate of drug-likeness (QED) is 0.141. The van der Waals surface area contributed by atoms with Crippen molar-refractivity contribution < 1.29 is 27.8 Å². The fourth-order valence-electron chi connectivity index (χ4n) is 4.37. The van der Waals surface area contributed by atoms with Crippen LogP contribution in [0, 0.1) is 19.7 Å². The smallest absolute Gasteiger partial charge is 0.307 e. The van der Waals surface area contributed by atoms with Crippen LogP contribution in [0.5, 0.6) is 17.2 Å². The molecule has 0 saturated carbocycles. The minimum absolute atomic E-state index is 0.0583. The van der Waals surface area contributed by atoms with Crippen LogP contribution in [0.2, 0.25) is 0 Å². The van der Waals surface area contributed by atoms with E-state index in [9.17, 15) is 9.18 Å². The number of furan rings is 1. The molecule has 0 aliphatic rings. The molecule has 9 heteroatoms. The summed E-state index contributed by atoms with van der Waals surface area (Å²) >= 11 is 0. The molecule has 0 radical (unpaired) electrons. The van der Waals surface area contributed by atoms with Gasteiger partial charge in [0.05, 0.1) is 13.3 Å². The summed E-state index contributed by atoms with van der Waals surface area (Å²) < 4.78 is 38.6. The van der Waals surface area contributed by atoms with Crippen molar-refractivity contribution in [3.8, 4) is 22.9 Å². The first-order valence-electron chi connectivity index (χ1n) is 13.3. The summed E-state index contributed by atoms with van der Waals surface area (Å²) in [4.78, 5) is 12.5. The molecule has 0 saturated heterocycles. The van der Waals surface area contributed by atoms with E-state index < -0.39 is 5.91 Å². The number of benzene rings is 3. The Hall–Kier alpha value is -5.31. The molecule has 8 nitrogen and oxygen atoms in total. The van der Waals surface area contributed by atoms with Crippen LogP contribution in [0.1, 0.15) is 38.8 Å². The van der Waals surface area contributed by atoms with Crippen LogP contribution >= 0.6 is 0 Å². The molecule has 0 bridgehead atoms. The average molecular weight is 568 g/mol. The highest BCUT2D eigenvalue weighted by Crippen LogP contribution is 2.28. The molecular formula is C33H30FN3O5. The third kappa shape index (κ3) is 6.69. The van der Waals surface area contributed by atoms with Gasteiger partial charge < -0.3 is 23.2 Å². The van der Waals surface area contributed by atoms with Crippen molar-refractivity contribution in [2.45, 2.75) is 27.1 Å². The number of aromatic nitrogens is 1. The molecule has 1 amide bonds. The lowest BCUT2D eigenvalue weighted by Gasteiger charge is -2.11. The highest BCUT2D eigenvalue weighted by atomic mass is 19.1. The molecule has 2 aromatic heterocycles. The minimum Gasteiger partial charge on any atom is -0.493 e. The van der Waals surface area contributed by atoms with Crippen molar-refractivity contribution in [1.29, 1.82) is 0 Å². The number of hydrazone groups is 1. The number of carbonyl (C=O) groups excluding carboxylic acids is 1. The summed E-state index contributed by atoms with van der Waals surface area (Å²) in [6.07, 6.45) is 1.47. The SMILES string of the molecule is COc1cc(C=NNC(=O)c2ccc(COc3ccc(-n4c(C)ccc4C)cc3)o2)ccc1OCc1ccccc1F. The van der Waals surface area contributed by atoms with Gasteiger partial charge in [-0.3, -0.25) is 4.79 Å². The lowest BCUT2D eigenvalue weighted by Crippen LogP contribution is -2.16. The molecule has 42 heavy (non-hydrogen) atoms. The monoisotopic (exact) mass is 567 g/mol. The Morgan fingerprint density at radius 3 is 2.40 bits per heavy atom. The van der Waals surface area contributed by atoms with Gasteiger partial charge in [-0.05, 0) is 92.2 Å². The summed E-state index contributed by atoms with van der Waals surface area (Å²) in [5.41, 5.74) is 6.92. The molecule has 0 fully saturated rings. The van der Waals surface area contributed by atoms with E-state index in [4.69, 9.17) is 18.6 Å². The third-order valence-electron chi connectivity index (χ3n) is 6.54. The zero-order valence-electron chi connectivity index (χ0n) is 23.5. The Morgan fingerprint density at radius 1 is 0.905 bits per heavy atom. The number of nitrogens with zero attached hydrogens (tertiary/aromatic N) is 2. The van der Waals surface area contributed by atoms with E-state index in [-0.39, 0.29) is 24.8 Å². The summed E-state index contributed by atoms with van der Waals surface area (Å²) in [7, 11) is 1.51. The fraction of sp³-hybridized carbons (Fsp3) is 0.152. The first-order valence-corrected chi connectivity index (χ1v) is 13.3. The highest BCUT2D eigenvalue weighted by molar-refractivity contribution is 5.92. The van der Waals surface area contributed by atoms with Crippen LogP contribution in [0.15, 0.2) is 101 Å². The number of amides is 1. The molecule has 0 atom stereocenters. The predicted octanol–water partition coefficient (Wildman–Crippen LogP) is 6.76. The van der Waals surface area contributed by atoms with Gasteiger partial charge in [-0.2, -0.15) is 5.10 Å². The second kappa shape index (κ2) is 12.9. The maximum absolute atomic E-state index is 13.9. The van der Waals surface area contributed by atoms with Crippen LogP contribution in [-0.4, -0.2) is 23.8 Å².